The summed E-state index contributed by atoms with van der Waals surface area (Å²) in [6, 6.07) is 9.90. The van der Waals surface area contributed by atoms with Crippen LogP contribution in [0.4, 0.5) is 11.4 Å². The molecular weight excluding hydrogens is 733 g/mol. The number of hydrogen-bond donors (Lipinski definition) is 0. The van der Waals surface area contributed by atoms with Gasteiger partial charge in [-0.25, -0.2) is 9.36 Å². The van der Waals surface area contributed by atoms with Gasteiger partial charge >= 0.3 is 0 Å². The molecule has 4 atom stereocenters. The Bertz CT molecular complexity index is 2400. The Morgan fingerprint density at radius 3 is 2.31 bits per heavy atom. The van der Waals surface area contributed by atoms with Crippen molar-refractivity contribution in [2.24, 2.45) is 11.8 Å². The van der Waals surface area contributed by atoms with Crippen molar-refractivity contribution in [3.8, 4) is 11.4 Å². The highest BCUT2D eigenvalue weighted by Crippen LogP contribution is 2.53. The van der Waals surface area contributed by atoms with Crippen molar-refractivity contribution in [1.82, 2.24) is 44.0 Å². The largest absolute Gasteiger partial charge is 0.378 e. The molecule has 14 heteroatoms. The second-order valence-electron chi connectivity index (χ2n) is 16.9. The number of rotatable bonds is 10. The number of fused-ring (bicyclic) bond motifs is 2. The molecule has 7 heterocycles. The van der Waals surface area contributed by atoms with Crippen LogP contribution in [0.3, 0.4) is 0 Å². The fourth-order valence-corrected chi connectivity index (χ4v) is 9.88. The summed E-state index contributed by atoms with van der Waals surface area (Å²) in [5, 5.41) is 23.5. The van der Waals surface area contributed by atoms with Crippen molar-refractivity contribution < 1.29 is 4.74 Å². The van der Waals surface area contributed by atoms with Gasteiger partial charge in [0.15, 0.2) is 0 Å². The Morgan fingerprint density at radius 2 is 1.53 bits per heavy atom. The number of aromatic nitrogens is 8. The van der Waals surface area contributed by atoms with Crippen LogP contribution >= 0.6 is 23.2 Å². The maximum atomic E-state index is 7.24. The van der Waals surface area contributed by atoms with Crippen molar-refractivity contribution in [3.63, 3.8) is 0 Å². The number of nitrogens with zero attached hydrogens (tertiary/aromatic N) is 11. The van der Waals surface area contributed by atoms with Gasteiger partial charge in [-0.3, -0.25) is 14.3 Å². The minimum atomic E-state index is 0.186. The van der Waals surface area contributed by atoms with Crippen LogP contribution in [-0.2, 0) is 4.74 Å². The van der Waals surface area contributed by atoms with Crippen molar-refractivity contribution in [2.75, 3.05) is 62.8 Å². The van der Waals surface area contributed by atoms with Crippen LogP contribution in [0.1, 0.15) is 69.1 Å². The van der Waals surface area contributed by atoms with Crippen molar-refractivity contribution in [3.05, 3.63) is 71.0 Å². The van der Waals surface area contributed by atoms with E-state index in [0.29, 0.717) is 23.9 Å². The lowest BCUT2D eigenvalue weighted by Gasteiger charge is -2.36. The third-order valence-electron chi connectivity index (χ3n) is 13.0. The first-order valence-corrected chi connectivity index (χ1v) is 20.9. The fourth-order valence-electron chi connectivity index (χ4n) is 9.31. The van der Waals surface area contributed by atoms with Crippen LogP contribution < -0.4 is 9.80 Å². The number of likely N-dealkylation sites (N-methyl/N-ethyl adjacent to an activating group) is 1. The maximum absolute atomic E-state index is 7.24. The highest BCUT2D eigenvalue weighted by Gasteiger charge is 2.44. The molecule has 11 rings (SSSR count). The van der Waals surface area contributed by atoms with Crippen molar-refractivity contribution in [2.45, 2.75) is 69.5 Å². The minimum Gasteiger partial charge on any atom is -0.378 e. The van der Waals surface area contributed by atoms with Gasteiger partial charge in [0.1, 0.15) is 11.4 Å². The molecule has 2 saturated carbocycles. The molecule has 2 unspecified atom stereocenters. The summed E-state index contributed by atoms with van der Waals surface area (Å²) >= 11 is 14.0. The molecule has 3 aliphatic heterocycles. The van der Waals surface area contributed by atoms with E-state index in [4.69, 9.17) is 48.3 Å². The topological polar surface area (TPSA) is 90.2 Å². The van der Waals surface area contributed by atoms with E-state index >= 15 is 0 Å². The predicted molar refractivity (Wildman–Crippen MR) is 217 cm³/mol. The molecule has 0 bridgehead atoms. The average Bonchev–Trinajstić information content (AvgIpc) is 3.82. The minimum absolute atomic E-state index is 0.186. The number of piperidine rings is 1. The summed E-state index contributed by atoms with van der Waals surface area (Å²) in [5.41, 5.74) is 7.27. The third kappa shape index (κ3) is 6.02. The maximum Gasteiger partial charge on any atom is 0.103 e. The van der Waals surface area contributed by atoms with E-state index in [1.165, 1.54) is 32.1 Å². The Hall–Kier alpha value is -4.10. The summed E-state index contributed by atoms with van der Waals surface area (Å²) in [4.78, 5) is 7.37. The first-order valence-electron chi connectivity index (χ1n) is 20.1. The molecular formula is C41H47Cl2N11O. The van der Waals surface area contributed by atoms with E-state index in [0.717, 1.165) is 113 Å². The summed E-state index contributed by atoms with van der Waals surface area (Å²) < 4.78 is 13.8. The van der Waals surface area contributed by atoms with Gasteiger partial charge in [-0.1, -0.05) is 30.1 Å². The molecule has 55 heavy (non-hydrogen) atoms. The van der Waals surface area contributed by atoms with Gasteiger partial charge in [0.25, 0.3) is 0 Å². The number of ether oxygens (including phenoxy) is 1. The van der Waals surface area contributed by atoms with Crippen molar-refractivity contribution >= 4 is 56.4 Å². The molecule has 0 radical (unpaired) electrons. The van der Waals surface area contributed by atoms with Crippen LogP contribution in [-0.4, -0.2) is 103 Å². The fraction of sp³-hybridized carbons (Fsp3) is 0.512. The number of halogens is 2. The lowest BCUT2D eigenvalue weighted by atomic mass is 9.97. The standard InChI is InChI=1S/C41H47Cl2N11O/c1-25-18-50(20-27(25)19-48(2)31-23-55-24-31)40-14-38-32(11-35(40)43)41(47-54(38)30-17-44-51(21-30)28-6-7-28)33-12-37(33)52-22-29(16-45-52)53-36-13-39(49-8-4-3-5-9-49)34(42)10-26(36)15-46-53/h10-11,13-17,21-22,25,27-28,31,33,37H,3-9,12,18-20,23-24H2,1-2H3/t25-,27+,33?,37?/m0/s1. The SMILES string of the molecule is C[C@H]1CN(c2cc3c(cc2Cl)c(C2CC2n2cc(-n4ncc5cc(Cl)c(N6CCCCC6)cc54)cn2)nn3-c2cnn(C3CC3)c2)C[C@H]1CN(C)C1COC1. The van der Waals surface area contributed by atoms with Gasteiger partial charge in [0.05, 0.1) is 100 Å². The van der Waals surface area contributed by atoms with Gasteiger partial charge in [0.2, 0.25) is 0 Å². The first kappa shape index (κ1) is 34.2. The summed E-state index contributed by atoms with van der Waals surface area (Å²) in [6.07, 6.45) is 17.0. The van der Waals surface area contributed by atoms with Crippen LogP contribution in [0.25, 0.3) is 33.2 Å². The number of benzene rings is 2. The number of hydrogen-bond acceptors (Lipinski definition) is 8. The monoisotopic (exact) mass is 779 g/mol. The van der Waals surface area contributed by atoms with E-state index in [-0.39, 0.29) is 12.0 Å². The van der Waals surface area contributed by atoms with Crippen LogP contribution in [0, 0.1) is 11.8 Å². The summed E-state index contributed by atoms with van der Waals surface area (Å²) in [6.45, 7) is 9.16. The molecule has 2 aromatic carbocycles. The first-order chi connectivity index (χ1) is 26.9. The normalized spacial score (nSPS) is 24.5. The highest BCUT2D eigenvalue weighted by atomic mass is 35.5. The molecule has 0 amide bonds. The average molecular weight is 781 g/mol. The molecule has 6 aromatic rings. The molecule has 4 aromatic heterocycles. The Morgan fingerprint density at radius 1 is 0.800 bits per heavy atom. The second kappa shape index (κ2) is 13.2. The van der Waals surface area contributed by atoms with Gasteiger partial charge in [-0.15, -0.1) is 0 Å². The smallest absolute Gasteiger partial charge is 0.103 e. The lowest BCUT2D eigenvalue weighted by molar-refractivity contribution is -0.0602. The molecule has 0 spiro atoms. The molecule has 3 saturated heterocycles. The van der Waals surface area contributed by atoms with E-state index in [9.17, 15) is 0 Å². The van der Waals surface area contributed by atoms with Gasteiger partial charge in [-0.05, 0) is 81.7 Å². The van der Waals surface area contributed by atoms with E-state index in [1.807, 2.05) is 29.3 Å². The molecule has 286 valence electrons. The van der Waals surface area contributed by atoms with Crippen LogP contribution in [0.5, 0.6) is 0 Å². The lowest BCUT2D eigenvalue weighted by Crippen LogP contribution is -2.49. The quantitative estimate of drug-likeness (QED) is 0.141. The Labute approximate surface area is 330 Å². The zero-order valence-electron chi connectivity index (χ0n) is 31.4. The Kier molecular flexibility index (Phi) is 8.23. The molecule has 0 N–H and O–H groups in total. The molecule has 2 aliphatic carbocycles. The van der Waals surface area contributed by atoms with E-state index < -0.39 is 0 Å². The zero-order chi connectivity index (χ0) is 36.9. The van der Waals surface area contributed by atoms with Crippen LogP contribution in [0.15, 0.2) is 55.2 Å². The van der Waals surface area contributed by atoms with Gasteiger partial charge in [0, 0.05) is 49.4 Å². The van der Waals surface area contributed by atoms with Gasteiger partial charge in [-0.2, -0.15) is 20.4 Å². The second-order valence-corrected chi connectivity index (χ2v) is 17.7. The third-order valence-corrected chi connectivity index (χ3v) is 13.6. The Balaban J connectivity index is 0.899. The number of anilines is 2. The summed E-state index contributed by atoms with van der Waals surface area (Å²) in [7, 11) is 2.24. The summed E-state index contributed by atoms with van der Waals surface area (Å²) in [5.74, 6) is 1.33. The predicted octanol–water partition coefficient (Wildman–Crippen LogP) is 7.52. The van der Waals surface area contributed by atoms with Crippen molar-refractivity contribution in [1.29, 1.82) is 0 Å². The van der Waals surface area contributed by atoms with Gasteiger partial charge < -0.3 is 14.5 Å². The molecule has 12 nitrogen and oxygen atoms in total. The molecule has 5 fully saturated rings. The van der Waals surface area contributed by atoms with E-state index in [2.05, 4.69) is 73.3 Å². The van der Waals surface area contributed by atoms with Crippen LogP contribution in [0.2, 0.25) is 10.0 Å². The van der Waals surface area contributed by atoms with E-state index in [1.54, 1.807) is 0 Å². The highest BCUT2D eigenvalue weighted by molar-refractivity contribution is 6.34. The zero-order valence-corrected chi connectivity index (χ0v) is 32.9. The molecule has 5 aliphatic rings.